The van der Waals surface area contributed by atoms with Crippen LogP contribution in [-0.2, 0) is 9.59 Å². The third-order valence-electron chi connectivity index (χ3n) is 4.76. The first-order chi connectivity index (χ1) is 14.0. The van der Waals surface area contributed by atoms with Gasteiger partial charge in [-0.1, -0.05) is 60.1 Å². The summed E-state index contributed by atoms with van der Waals surface area (Å²) in [6.07, 6.45) is 0. The number of anilines is 1. The van der Waals surface area contributed by atoms with E-state index in [1.165, 1.54) is 29.2 Å². The van der Waals surface area contributed by atoms with Crippen LogP contribution in [0.1, 0.15) is 17.2 Å². The number of amides is 1. The highest BCUT2D eigenvalue weighted by molar-refractivity contribution is 6.51. The number of halogens is 2. The number of hydrogen-bond acceptors (Lipinski definition) is 3. The van der Waals surface area contributed by atoms with Gasteiger partial charge in [0.25, 0.3) is 11.7 Å². The van der Waals surface area contributed by atoms with Crippen molar-refractivity contribution >= 4 is 34.7 Å². The summed E-state index contributed by atoms with van der Waals surface area (Å²) in [5, 5.41) is 11.3. The van der Waals surface area contributed by atoms with Crippen LogP contribution in [0.5, 0.6) is 0 Å². The van der Waals surface area contributed by atoms with E-state index < -0.39 is 23.5 Å². The molecule has 1 saturated heterocycles. The van der Waals surface area contributed by atoms with E-state index in [9.17, 15) is 19.1 Å². The summed E-state index contributed by atoms with van der Waals surface area (Å²) >= 11 is 6.08. The van der Waals surface area contributed by atoms with Crippen molar-refractivity contribution in [2.75, 3.05) is 4.90 Å². The quantitative estimate of drug-likeness (QED) is 0.373. The van der Waals surface area contributed by atoms with Crippen molar-refractivity contribution in [1.82, 2.24) is 0 Å². The zero-order valence-corrected chi connectivity index (χ0v) is 15.8. The van der Waals surface area contributed by atoms with Crippen LogP contribution in [0.15, 0.2) is 84.4 Å². The third kappa shape index (κ3) is 3.41. The molecule has 144 valence electrons. The van der Waals surface area contributed by atoms with Crippen molar-refractivity contribution in [3.05, 3.63) is 106 Å². The van der Waals surface area contributed by atoms with Crippen LogP contribution in [0.3, 0.4) is 0 Å². The second-order valence-electron chi connectivity index (χ2n) is 6.57. The Bertz CT molecular complexity index is 1130. The molecule has 1 amide bonds. The molecule has 1 unspecified atom stereocenters. The number of aliphatic hydroxyl groups excluding tert-OH is 1. The minimum absolute atomic E-state index is 0.0622. The second-order valence-corrected chi connectivity index (χ2v) is 7.00. The molecule has 1 aliphatic heterocycles. The van der Waals surface area contributed by atoms with Gasteiger partial charge in [-0.15, -0.1) is 0 Å². The standard InChI is InChI=1S/C23H15ClFNO3/c24-16-7-4-8-18(13-16)26-20(14-9-11-17(25)12-10-14)19(22(28)23(26)29)21(27)15-5-2-1-3-6-15/h1-13,20,27H. The van der Waals surface area contributed by atoms with Crippen molar-refractivity contribution < 1.29 is 19.1 Å². The van der Waals surface area contributed by atoms with Gasteiger partial charge in [0.05, 0.1) is 11.6 Å². The lowest BCUT2D eigenvalue weighted by Gasteiger charge is -2.25. The molecule has 1 heterocycles. The topological polar surface area (TPSA) is 57.6 Å². The molecule has 29 heavy (non-hydrogen) atoms. The Morgan fingerprint density at radius 3 is 2.28 bits per heavy atom. The number of benzene rings is 3. The van der Waals surface area contributed by atoms with Crippen LogP contribution >= 0.6 is 11.6 Å². The minimum atomic E-state index is -0.922. The molecule has 0 radical (unpaired) electrons. The normalized spacial score (nSPS) is 18.3. The molecule has 1 fully saturated rings. The van der Waals surface area contributed by atoms with E-state index >= 15 is 0 Å². The van der Waals surface area contributed by atoms with Crippen LogP contribution in [0.25, 0.3) is 5.76 Å². The number of carbonyl (C=O) groups excluding carboxylic acids is 2. The molecule has 4 rings (SSSR count). The summed E-state index contributed by atoms with van der Waals surface area (Å²) < 4.78 is 13.5. The molecule has 6 heteroatoms. The highest BCUT2D eigenvalue weighted by Gasteiger charge is 2.46. The van der Waals surface area contributed by atoms with E-state index in [4.69, 9.17) is 11.6 Å². The van der Waals surface area contributed by atoms with E-state index in [2.05, 4.69) is 0 Å². The molecule has 3 aromatic carbocycles. The van der Waals surface area contributed by atoms with Gasteiger partial charge in [0.15, 0.2) is 0 Å². The molecule has 0 spiro atoms. The Morgan fingerprint density at radius 1 is 0.931 bits per heavy atom. The lowest BCUT2D eigenvalue weighted by molar-refractivity contribution is -0.132. The van der Waals surface area contributed by atoms with Gasteiger partial charge in [-0.25, -0.2) is 4.39 Å². The van der Waals surface area contributed by atoms with Crippen molar-refractivity contribution in [3.63, 3.8) is 0 Å². The fourth-order valence-electron chi connectivity index (χ4n) is 3.44. The fraction of sp³-hybridized carbons (Fsp3) is 0.0435. The summed E-state index contributed by atoms with van der Waals surface area (Å²) in [6, 6.07) is 19.6. The van der Waals surface area contributed by atoms with Gasteiger partial charge >= 0.3 is 0 Å². The Morgan fingerprint density at radius 2 is 1.62 bits per heavy atom. The molecule has 1 N–H and O–H groups in total. The Balaban J connectivity index is 1.96. The molecule has 0 saturated carbocycles. The molecular weight excluding hydrogens is 393 g/mol. The molecule has 0 aromatic heterocycles. The Labute approximate surface area is 171 Å². The molecule has 1 aliphatic rings. The number of nitrogens with zero attached hydrogens (tertiary/aromatic N) is 1. The molecule has 0 bridgehead atoms. The molecule has 4 nitrogen and oxygen atoms in total. The number of ketones is 1. The smallest absolute Gasteiger partial charge is 0.300 e. The van der Waals surface area contributed by atoms with Gasteiger partial charge < -0.3 is 5.11 Å². The number of hydrogen-bond donors (Lipinski definition) is 1. The summed E-state index contributed by atoms with van der Waals surface area (Å²) in [5.74, 6) is -2.35. The molecular formula is C23H15ClFNO3. The maximum atomic E-state index is 13.5. The maximum Gasteiger partial charge on any atom is 0.300 e. The van der Waals surface area contributed by atoms with E-state index in [1.807, 2.05) is 0 Å². The number of Topliss-reactive ketones (excluding diaryl/α,β-unsaturated/α-hetero) is 1. The van der Waals surface area contributed by atoms with Crippen molar-refractivity contribution in [2.45, 2.75) is 6.04 Å². The summed E-state index contributed by atoms with van der Waals surface area (Å²) in [7, 11) is 0. The maximum absolute atomic E-state index is 13.5. The van der Waals surface area contributed by atoms with Crippen molar-refractivity contribution in [1.29, 1.82) is 0 Å². The fourth-order valence-corrected chi connectivity index (χ4v) is 3.62. The lowest BCUT2D eigenvalue weighted by atomic mass is 9.95. The van der Waals surface area contributed by atoms with E-state index in [0.29, 0.717) is 21.8 Å². The van der Waals surface area contributed by atoms with Gasteiger partial charge in [0.1, 0.15) is 11.6 Å². The predicted molar refractivity (Wildman–Crippen MR) is 109 cm³/mol. The highest BCUT2D eigenvalue weighted by atomic mass is 35.5. The van der Waals surface area contributed by atoms with Crippen molar-refractivity contribution in [3.8, 4) is 0 Å². The first-order valence-electron chi connectivity index (χ1n) is 8.85. The summed E-state index contributed by atoms with van der Waals surface area (Å²) in [6.45, 7) is 0. The third-order valence-corrected chi connectivity index (χ3v) is 5.00. The van der Waals surface area contributed by atoms with Gasteiger partial charge in [-0.3, -0.25) is 14.5 Å². The van der Waals surface area contributed by atoms with Crippen molar-refractivity contribution in [2.24, 2.45) is 0 Å². The second kappa shape index (κ2) is 7.53. The van der Waals surface area contributed by atoms with Crippen LogP contribution in [0.4, 0.5) is 10.1 Å². The van der Waals surface area contributed by atoms with Crippen LogP contribution < -0.4 is 4.90 Å². The summed E-state index contributed by atoms with van der Waals surface area (Å²) in [4.78, 5) is 27.1. The van der Waals surface area contributed by atoms with E-state index in [-0.39, 0.29) is 11.3 Å². The predicted octanol–water partition coefficient (Wildman–Crippen LogP) is 5.11. The number of rotatable bonds is 3. The first-order valence-corrected chi connectivity index (χ1v) is 9.22. The van der Waals surface area contributed by atoms with E-state index in [0.717, 1.165) is 0 Å². The van der Waals surface area contributed by atoms with Gasteiger partial charge in [0, 0.05) is 16.3 Å². The summed E-state index contributed by atoms with van der Waals surface area (Å²) in [5.41, 5.74) is 1.24. The molecule has 0 aliphatic carbocycles. The average molecular weight is 408 g/mol. The lowest BCUT2D eigenvalue weighted by Crippen LogP contribution is -2.29. The number of carbonyl (C=O) groups is 2. The first kappa shape index (κ1) is 18.9. The molecule has 3 aromatic rings. The van der Waals surface area contributed by atoms with Gasteiger partial charge in [0.2, 0.25) is 0 Å². The van der Waals surface area contributed by atoms with Gasteiger partial charge in [-0.05, 0) is 35.9 Å². The Kier molecular flexibility index (Phi) is 4.91. The molecule has 1 atom stereocenters. The zero-order chi connectivity index (χ0) is 20.5. The van der Waals surface area contributed by atoms with E-state index in [1.54, 1.807) is 54.6 Å². The van der Waals surface area contributed by atoms with Crippen LogP contribution in [0.2, 0.25) is 5.02 Å². The monoisotopic (exact) mass is 407 g/mol. The van der Waals surface area contributed by atoms with Gasteiger partial charge in [-0.2, -0.15) is 0 Å². The Hall–Kier alpha value is -3.44. The largest absolute Gasteiger partial charge is 0.507 e. The number of aliphatic hydroxyl groups is 1. The minimum Gasteiger partial charge on any atom is -0.507 e. The van der Waals surface area contributed by atoms with Crippen LogP contribution in [-0.4, -0.2) is 16.8 Å². The van der Waals surface area contributed by atoms with Crippen LogP contribution in [0, 0.1) is 5.82 Å². The SMILES string of the molecule is O=C1C(=O)N(c2cccc(Cl)c2)C(c2ccc(F)cc2)C1=C(O)c1ccccc1. The highest BCUT2D eigenvalue weighted by Crippen LogP contribution is 2.42. The zero-order valence-electron chi connectivity index (χ0n) is 15.0. The average Bonchev–Trinajstić information content (AvgIpc) is 2.99.